The largest absolute Gasteiger partial charge is 0.487 e. The van der Waals surface area contributed by atoms with Crippen molar-refractivity contribution in [2.45, 2.75) is 24.4 Å². The van der Waals surface area contributed by atoms with Crippen LogP contribution in [0.15, 0.2) is 91.0 Å². The minimum absolute atomic E-state index is 0.0281. The molecule has 4 rings (SSSR count). The smallest absolute Gasteiger partial charge is 0.222 e. The SMILES string of the molecule is N#CC(CCC(=O)N1CC(Oc2ccccc2)C1)(c1ccccc1)c1ccccc1. The topological polar surface area (TPSA) is 53.3 Å². The van der Waals surface area contributed by atoms with E-state index in [2.05, 4.69) is 6.07 Å². The van der Waals surface area contributed by atoms with Crippen LogP contribution in [0.4, 0.5) is 0 Å². The lowest BCUT2D eigenvalue weighted by Gasteiger charge is -2.39. The predicted molar refractivity (Wildman–Crippen MR) is 116 cm³/mol. The van der Waals surface area contributed by atoms with Gasteiger partial charge in [-0.2, -0.15) is 5.26 Å². The maximum absolute atomic E-state index is 12.8. The van der Waals surface area contributed by atoms with Gasteiger partial charge in [-0.15, -0.1) is 0 Å². The van der Waals surface area contributed by atoms with Crippen molar-refractivity contribution in [3.05, 3.63) is 102 Å². The van der Waals surface area contributed by atoms with Crippen molar-refractivity contribution < 1.29 is 9.53 Å². The number of carbonyl (C=O) groups is 1. The summed E-state index contributed by atoms with van der Waals surface area (Å²) >= 11 is 0. The number of benzene rings is 3. The Hall–Kier alpha value is -3.58. The Labute approximate surface area is 177 Å². The van der Waals surface area contributed by atoms with Crippen LogP contribution in [0.5, 0.6) is 5.75 Å². The van der Waals surface area contributed by atoms with E-state index in [9.17, 15) is 10.1 Å². The molecule has 3 aromatic rings. The first-order chi connectivity index (χ1) is 14.7. The third-order valence-corrected chi connectivity index (χ3v) is 5.68. The summed E-state index contributed by atoms with van der Waals surface area (Å²) in [5.41, 5.74) is 0.990. The van der Waals surface area contributed by atoms with Crippen molar-refractivity contribution in [1.82, 2.24) is 4.90 Å². The molecule has 4 nitrogen and oxygen atoms in total. The van der Waals surface area contributed by atoms with Gasteiger partial charge in [-0.25, -0.2) is 0 Å². The summed E-state index contributed by atoms with van der Waals surface area (Å²) in [5, 5.41) is 10.2. The van der Waals surface area contributed by atoms with Gasteiger partial charge in [0.15, 0.2) is 0 Å². The number of nitriles is 1. The molecular formula is C26H24N2O2. The lowest BCUT2D eigenvalue weighted by atomic mass is 9.72. The average Bonchev–Trinajstić information content (AvgIpc) is 2.79. The van der Waals surface area contributed by atoms with Crippen molar-refractivity contribution in [2.24, 2.45) is 0 Å². The highest BCUT2D eigenvalue weighted by molar-refractivity contribution is 5.77. The molecule has 0 saturated carbocycles. The van der Waals surface area contributed by atoms with E-state index in [-0.39, 0.29) is 12.0 Å². The van der Waals surface area contributed by atoms with Crippen molar-refractivity contribution in [3.8, 4) is 11.8 Å². The number of rotatable bonds is 7. The van der Waals surface area contributed by atoms with Gasteiger partial charge < -0.3 is 9.64 Å². The van der Waals surface area contributed by atoms with E-state index in [1.807, 2.05) is 95.9 Å². The number of carbonyl (C=O) groups excluding carboxylic acids is 1. The molecule has 1 saturated heterocycles. The van der Waals surface area contributed by atoms with Crippen molar-refractivity contribution in [2.75, 3.05) is 13.1 Å². The van der Waals surface area contributed by atoms with Gasteiger partial charge in [-0.3, -0.25) is 4.79 Å². The molecule has 0 atom stereocenters. The van der Waals surface area contributed by atoms with Gasteiger partial charge >= 0.3 is 0 Å². The molecule has 1 heterocycles. The first-order valence-electron chi connectivity index (χ1n) is 10.2. The Balaban J connectivity index is 1.42. The Bertz CT molecular complexity index is 968. The molecule has 1 aliphatic heterocycles. The highest BCUT2D eigenvalue weighted by Gasteiger charge is 2.37. The van der Waals surface area contributed by atoms with E-state index < -0.39 is 5.41 Å². The zero-order valence-corrected chi connectivity index (χ0v) is 16.8. The fraction of sp³-hybridized carbons (Fsp3) is 0.231. The summed E-state index contributed by atoms with van der Waals surface area (Å²) in [6.07, 6.45) is 0.784. The maximum Gasteiger partial charge on any atom is 0.222 e. The van der Waals surface area contributed by atoms with E-state index in [1.165, 1.54) is 0 Å². The fourth-order valence-corrected chi connectivity index (χ4v) is 3.95. The minimum atomic E-state index is -0.844. The van der Waals surface area contributed by atoms with Gasteiger partial charge in [0.2, 0.25) is 5.91 Å². The van der Waals surface area contributed by atoms with Gasteiger partial charge in [0.25, 0.3) is 0 Å². The Morgan fingerprint density at radius 2 is 1.40 bits per heavy atom. The van der Waals surface area contributed by atoms with Crippen molar-refractivity contribution >= 4 is 5.91 Å². The van der Waals surface area contributed by atoms with E-state index in [0.29, 0.717) is 25.9 Å². The van der Waals surface area contributed by atoms with Crippen LogP contribution in [-0.2, 0) is 10.2 Å². The number of hydrogen-bond donors (Lipinski definition) is 0. The standard InChI is InChI=1S/C26H24N2O2/c27-20-26(21-10-4-1-5-11-21,22-12-6-2-7-13-22)17-16-25(29)28-18-24(19-28)30-23-14-8-3-9-15-23/h1-15,24H,16-19H2. The third-order valence-electron chi connectivity index (χ3n) is 5.68. The second kappa shape index (κ2) is 8.84. The zero-order chi connectivity index (χ0) is 20.8. The molecule has 0 aliphatic carbocycles. The first kappa shape index (κ1) is 19.7. The monoisotopic (exact) mass is 396 g/mol. The lowest BCUT2D eigenvalue weighted by molar-refractivity contribution is -0.140. The number of nitrogens with zero attached hydrogens (tertiary/aromatic N) is 2. The van der Waals surface area contributed by atoms with Crippen LogP contribution in [0.25, 0.3) is 0 Å². The van der Waals surface area contributed by atoms with Gasteiger partial charge in [0.1, 0.15) is 17.3 Å². The normalized spacial score (nSPS) is 13.9. The van der Waals surface area contributed by atoms with E-state index in [4.69, 9.17) is 4.74 Å². The molecule has 1 fully saturated rings. The van der Waals surface area contributed by atoms with Gasteiger partial charge in [-0.1, -0.05) is 78.9 Å². The van der Waals surface area contributed by atoms with Gasteiger partial charge in [0.05, 0.1) is 19.2 Å². The van der Waals surface area contributed by atoms with Crippen LogP contribution < -0.4 is 4.74 Å². The summed E-state index contributed by atoms with van der Waals surface area (Å²) in [7, 11) is 0. The van der Waals surface area contributed by atoms with Crippen molar-refractivity contribution in [3.63, 3.8) is 0 Å². The Morgan fingerprint density at radius 3 is 1.90 bits per heavy atom. The van der Waals surface area contributed by atoms with Crippen LogP contribution in [0.3, 0.4) is 0 Å². The number of ether oxygens (including phenoxy) is 1. The van der Waals surface area contributed by atoms with Crippen LogP contribution in [0.2, 0.25) is 0 Å². The lowest BCUT2D eigenvalue weighted by Crippen LogP contribution is -2.56. The summed E-state index contributed by atoms with van der Waals surface area (Å²) in [5.74, 6) is 0.889. The minimum Gasteiger partial charge on any atom is -0.487 e. The molecule has 0 aromatic heterocycles. The number of para-hydroxylation sites is 1. The van der Waals surface area contributed by atoms with Crippen LogP contribution in [0.1, 0.15) is 24.0 Å². The molecule has 3 aromatic carbocycles. The maximum atomic E-state index is 12.8. The highest BCUT2D eigenvalue weighted by atomic mass is 16.5. The fourth-order valence-electron chi connectivity index (χ4n) is 3.95. The van der Waals surface area contributed by atoms with Gasteiger partial charge in [-0.05, 0) is 29.7 Å². The molecule has 0 N–H and O–H groups in total. The molecular weight excluding hydrogens is 372 g/mol. The second-order valence-corrected chi connectivity index (χ2v) is 7.60. The molecule has 4 heteroatoms. The average molecular weight is 396 g/mol. The molecule has 1 amide bonds. The van der Waals surface area contributed by atoms with E-state index in [0.717, 1.165) is 16.9 Å². The van der Waals surface area contributed by atoms with E-state index >= 15 is 0 Å². The molecule has 0 spiro atoms. The number of likely N-dealkylation sites (tertiary alicyclic amines) is 1. The van der Waals surface area contributed by atoms with Crippen molar-refractivity contribution in [1.29, 1.82) is 5.26 Å². The molecule has 30 heavy (non-hydrogen) atoms. The number of amides is 1. The van der Waals surface area contributed by atoms with Crippen LogP contribution in [-0.4, -0.2) is 30.0 Å². The van der Waals surface area contributed by atoms with Gasteiger partial charge in [0, 0.05) is 6.42 Å². The Morgan fingerprint density at radius 1 is 0.900 bits per heavy atom. The highest BCUT2D eigenvalue weighted by Crippen LogP contribution is 2.36. The molecule has 0 bridgehead atoms. The summed E-state index contributed by atoms with van der Waals surface area (Å²) in [6.45, 7) is 1.17. The summed E-state index contributed by atoms with van der Waals surface area (Å²) in [6, 6.07) is 31.7. The molecule has 150 valence electrons. The predicted octanol–water partition coefficient (Wildman–Crippen LogP) is 4.57. The summed E-state index contributed by atoms with van der Waals surface area (Å²) in [4.78, 5) is 14.6. The second-order valence-electron chi connectivity index (χ2n) is 7.60. The quantitative estimate of drug-likeness (QED) is 0.588. The molecule has 1 aliphatic rings. The molecule has 0 radical (unpaired) electrons. The number of hydrogen-bond acceptors (Lipinski definition) is 3. The van der Waals surface area contributed by atoms with E-state index in [1.54, 1.807) is 0 Å². The van der Waals surface area contributed by atoms with Crippen LogP contribution in [0, 0.1) is 11.3 Å². The first-order valence-corrected chi connectivity index (χ1v) is 10.2. The zero-order valence-electron chi connectivity index (χ0n) is 16.8. The Kier molecular flexibility index (Phi) is 5.81. The third kappa shape index (κ3) is 4.06. The molecule has 0 unspecified atom stereocenters. The summed E-state index contributed by atoms with van der Waals surface area (Å²) < 4.78 is 5.89. The van der Waals surface area contributed by atoms with Crippen LogP contribution >= 0.6 is 0 Å².